The fraction of sp³-hybridized carbons (Fsp3) is 0.833. The lowest BCUT2D eigenvalue weighted by molar-refractivity contribution is -0.185. The molecule has 8 atom stereocenters. The molecule has 2 aliphatic heterocycles. The second kappa shape index (κ2) is 13.0. The van der Waals surface area contributed by atoms with Gasteiger partial charge in [0.05, 0.1) is 31.2 Å². The van der Waals surface area contributed by atoms with E-state index in [1.807, 2.05) is 13.8 Å². The van der Waals surface area contributed by atoms with Crippen LogP contribution < -0.4 is 5.32 Å². The number of aliphatic hydroxyl groups is 1. The van der Waals surface area contributed by atoms with Gasteiger partial charge in [0.2, 0.25) is 11.4 Å². The van der Waals surface area contributed by atoms with Crippen molar-refractivity contribution in [2.75, 3.05) is 19.8 Å². The molecule has 10 nitrogen and oxygen atoms in total. The zero-order valence-corrected chi connectivity index (χ0v) is 25.0. The molecule has 0 spiro atoms. The number of esters is 2. The second-order valence-corrected chi connectivity index (χ2v) is 12.4. The maximum absolute atomic E-state index is 12.8. The molecule has 10 heteroatoms. The molecule has 2 heterocycles. The van der Waals surface area contributed by atoms with E-state index in [0.29, 0.717) is 29.5 Å². The van der Waals surface area contributed by atoms with Crippen molar-refractivity contribution in [1.82, 2.24) is 10.2 Å². The van der Waals surface area contributed by atoms with Gasteiger partial charge in [0.1, 0.15) is 6.23 Å². The van der Waals surface area contributed by atoms with E-state index < -0.39 is 35.5 Å². The first-order valence-corrected chi connectivity index (χ1v) is 14.9. The van der Waals surface area contributed by atoms with E-state index in [0.717, 1.165) is 24.3 Å². The molecule has 40 heavy (non-hydrogen) atoms. The number of nitrogens with one attached hydrogen (secondary N) is 1. The Labute approximate surface area is 238 Å². The van der Waals surface area contributed by atoms with Crippen LogP contribution in [0.25, 0.3) is 0 Å². The average molecular weight is 562 g/mol. The fourth-order valence-corrected chi connectivity index (χ4v) is 7.45. The van der Waals surface area contributed by atoms with Gasteiger partial charge in [0, 0.05) is 18.8 Å². The van der Waals surface area contributed by atoms with Crippen LogP contribution in [0, 0.1) is 58.7 Å². The molecule has 2 saturated carbocycles. The van der Waals surface area contributed by atoms with Gasteiger partial charge < -0.3 is 19.9 Å². The number of amides is 1. The molecule has 0 aromatic heterocycles. The molecule has 0 radical (unpaired) electrons. The van der Waals surface area contributed by atoms with Gasteiger partial charge in [-0.05, 0) is 75.7 Å². The number of likely N-dealkylation sites (tertiary alicyclic amines) is 1. The fourth-order valence-electron chi connectivity index (χ4n) is 7.45. The number of fused-ring (bicyclic) bond motifs is 1. The van der Waals surface area contributed by atoms with Crippen LogP contribution in [0.4, 0.5) is 0 Å². The molecule has 0 aromatic rings. The van der Waals surface area contributed by atoms with E-state index in [1.54, 1.807) is 13.8 Å². The topological polar surface area (TPSA) is 146 Å². The molecule has 224 valence electrons. The normalized spacial score (nSPS) is 33.6. The summed E-state index contributed by atoms with van der Waals surface area (Å²) < 4.78 is 10.1. The van der Waals surface area contributed by atoms with Crippen LogP contribution in [0.2, 0.25) is 0 Å². The van der Waals surface area contributed by atoms with Crippen molar-refractivity contribution >= 4 is 23.6 Å². The smallest absolute Gasteiger partial charge is 0.344 e. The number of hydrogen-bond acceptors (Lipinski definition) is 9. The summed E-state index contributed by atoms with van der Waals surface area (Å²) in [6, 6.07) is 2.39. The Morgan fingerprint density at radius 2 is 1.62 bits per heavy atom. The number of carbonyl (C=O) groups excluding carboxylic acids is 4. The van der Waals surface area contributed by atoms with Crippen LogP contribution in [0.1, 0.15) is 74.1 Å². The van der Waals surface area contributed by atoms with Crippen molar-refractivity contribution < 1.29 is 33.8 Å². The molecule has 0 bridgehead atoms. The SMILES string of the molecule is CC(C)C1CCNC1C(=O)C1C(C#N)CC2CC21.CCOC(=O)C1(C(=O)OCC)C(C(C)C)CC(O)N1C(C)=O. The van der Waals surface area contributed by atoms with E-state index in [2.05, 4.69) is 25.2 Å². The van der Waals surface area contributed by atoms with Gasteiger partial charge in [-0.25, -0.2) is 9.59 Å². The predicted molar refractivity (Wildman–Crippen MR) is 146 cm³/mol. The average Bonchev–Trinajstić information content (AvgIpc) is 3.24. The summed E-state index contributed by atoms with van der Waals surface area (Å²) in [4.78, 5) is 50.9. The molecule has 0 aromatic carbocycles. The van der Waals surface area contributed by atoms with Crippen molar-refractivity contribution in [2.45, 2.75) is 92.0 Å². The van der Waals surface area contributed by atoms with E-state index in [9.17, 15) is 29.5 Å². The molecule has 4 rings (SSSR count). The highest BCUT2D eigenvalue weighted by Crippen LogP contribution is 2.58. The number of hydrogen-bond donors (Lipinski definition) is 2. The highest BCUT2D eigenvalue weighted by atomic mass is 16.6. The zero-order chi connectivity index (χ0) is 29.9. The van der Waals surface area contributed by atoms with Crippen molar-refractivity contribution in [3.05, 3.63) is 0 Å². The first kappa shape index (κ1) is 32.0. The lowest BCUT2D eigenvalue weighted by atomic mass is 9.77. The van der Waals surface area contributed by atoms with Gasteiger partial charge in [-0.15, -0.1) is 0 Å². The van der Waals surface area contributed by atoms with Crippen molar-refractivity contribution in [1.29, 1.82) is 5.26 Å². The molecular formula is C30H47N3O7. The van der Waals surface area contributed by atoms with E-state index >= 15 is 0 Å². The quantitative estimate of drug-likeness (QED) is 0.337. The van der Waals surface area contributed by atoms with Crippen LogP contribution >= 0.6 is 0 Å². The van der Waals surface area contributed by atoms with Gasteiger partial charge in [-0.3, -0.25) is 14.5 Å². The molecule has 2 aliphatic carbocycles. The highest BCUT2D eigenvalue weighted by Gasteiger charge is 2.67. The summed E-state index contributed by atoms with van der Waals surface area (Å²) in [5, 5.41) is 22.8. The van der Waals surface area contributed by atoms with E-state index in [-0.39, 0.29) is 43.4 Å². The third-order valence-electron chi connectivity index (χ3n) is 9.35. The monoisotopic (exact) mass is 561 g/mol. The molecule has 2 saturated heterocycles. The number of nitrogens with zero attached hydrogens (tertiary/aromatic N) is 2. The highest BCUT2D eigenvalue weighted by molar-refractivity contribution is 6.08. The summed E-state index contributed by atoms with van der Waals surface area (Å²) >= 11 is 0. The number of rotatable bonds is 8. The molecule has 8 unspecified atom stereocenters. The molecule has 4 fully saturated rings. The zero-order valence-electron chi connectivity index (χ0n) is 25.0. The third kappa shape index (κ3) is 5.78. The Kier molecular flexibility index (Phi) is 10.4. The standard InChI is InChI=1S/C15H22N2O.C15H25NO6/c1-8(2)11-3-4-17-14(11)15(18)13-10(7-16)5-9-6-12(9)13;1-6-21-13(19)15(14(20)22-7-2)11(9(3)4)8-12(18)16(15)10(5)17/h8-14,17H,3-6H2,1-2H3;9,11-12,18H,6-8H2,1-5H3. The van der Waals surface area contributed by atoms with Crippen molar-refractivity contribution in [2.24, 2.45) is 47.3 Å². The summed E-state index contributed by atoms with van der Waals surface area (Å²) in [5.41, 5.74) is -1.93. The first-order valence-electron chi connectivity index (χ1n) is 14.9. The van der Waals surface area contributed by atoms with Gasteiger partial charge in [-0.2, -0.15) is 5.26 Å². The van der Waals surface area contributed by atoms with E-state index in [4.69, 9.17) is 9.47 Å². The first-order chi connectivity index (χ1) is 18.9. The maximum Gasteiger partial charge on any atom is 0.344 e. The van der Waals surface area contributed by atoms with Gasteiger partial charge in [0.15, 0.2) is 5.78 Å². The number of aliphatic hydroxyl groups excluding tert-OH is 1. The van der Waals surface area contributed by atoms with Crippen LogP contribution in [-0.2, 0) is 28.7 Å². The van der Waals surface area contributed by atoms with E-state index in [1.165, 1.54) is 13.3 Å². The Morgan fingerprint density at radius 3 is 2.10 bits per heavy atom. The number of ketones is 1. The second-order valence-electron chi connectivity index (χ2n) is 12.4. The predicted octanol–water partition coefficient (Wildman–Crippen LogP) is 2.68. The summed E-state index contributed by atoms with van der Waals surface area (Å²) in [6.45, 7) is 13.6. The number of Topliss-reactive ketones (excluding diaryl/α,β-unsaturated/α-hetero) is 1. The minimum atomic E-state index is -1.93. The van der Waals surface area contributed by atoms with Gasteiger partial charge >= 0.3 is 11.9 Å². The minimum absolute atomic E-state index is 0.00328. The molecule has 2 N–H and O–H groups in total. The Balaban J connectivity index is 0.000000224. The maximum atomic E-state index is 12.8. The lowest BCUT2D eigenvalue weighted by Crippen LogP contribution is -2.64. The van der Waals surface area contributed by atoms with Crippen molar-refractivity contribution in [3.8, 4) is 6.07 Å². The largest absolute Gasteiger partial charge is 0.464 e. The Bertz CT molecular complexity index is 988. The molecular weight excluding hydrogens is 514 g/mol. The van der Waals surface area contributed by atoms with Crippen LogP contribution in [0.15, 0.2) is 0 Å². The van der Waals surface area contributed by atoms with Gasteiger partial charge in [-0.1, -0.05) is 27.7 Å². The number of ether oxygens (including phenoxy) is 2. The van der Waals surface area contributed by atoms with Crippen LogP contribution in [0.5, 0.6) is 0 Å². The van der Waals surface area contributed by atoms with Crippen LogP contribution in [0.3, 0.4) is 0 Å². The van der Waals surface area contributed by atoms with Crippen molar-refractivity contribution in [3.63, 3.8) is 0 Å². The Hall–Kier alpha value is -2.51. The van der Waals surface area contributed by atoms with Crippen LogP contribution in [-0.4, -0.2) is 71.2 Å². The number of carbonyl (C=O) groups is 4. The third-order valence-corrected chi connectivity index (χ3v) is 9.35. The summed E-state index contributed by atoms with van der Waals surface area (Å²) in [7, 11) is 0. The Morgan fingerprint density at radius 1 is 1.02 bits per heavy atom. The molecule has 4 aliphatic rings. The summed E-state index contributed by atoms with van der Waals surface area (Å²) in [5.74, 6) is -0.358. The van der Waals surface area contributed by atoms with Gasteiger partial charge in [0.25, 0.3) is 0 Å². The minimum Gasteiger partial charge on any atom is -0.464 e. The summed E-state index contributed by atoms with van der Waals surface area (Å²) in [6.07, 6.45) is 2.16. The molecule has 1 amide bonds. The lowest BCUT2D eigenvalue weighted by Gasteiger charge is -2.38. The number of nitriles is 1.